The molecule has 1 amide bonds. The number of esters is 1. The number of amides is 1. The van der Waals surface area contributed by atoms with E-state index in [9.17, 15) is 9.59 Å². The fraction of sp³-hybridized carbons (Fsp3) is 0.240. The van der Waals surface area contributed by atoms with Gasteiger partial charge in [0.15, 0.2) is 16.6 Å². The molecule has 0 aliphatic rings. The zero-order chi connectivity index (χ0) is 24.0. The Morgan fingerprint density at radius 2 is 1.91 bits per heavy atom. The SMILES string of the molecule is C=CCOc1ccc(C(=O)OCc2csc(N(C(C)=O)c3ccc(C)c(C)c3)n2)cc1OC. The van der Waals surface area contributed by atoms with Gasteiger partial charge in [-0.15, -0.1) is 11.3 Å². The summed E-state index contributed by atoms with van der Waals surface area (Å²) in [5, 5.41) is 2.29. The Morgan fingerprint density at radius 1 is 1.12 bits per heavy atom. The van der Waals surface area contributed by atoms with E-state index in [1.165, 1.54) is 25.4 Å². The number of aromatic nitrogens is 1. The smallest absolute Gasteiger partial charge is 0.338 e. The summed E-state index contributed by atoms with van der Waals surface area (Å²) in [5.74, 6) is 0.263. The molecule has 0 atom stereocenters. The zero-order valence-electron chi connectivity index (χ0n) is 19.1. The van der Waals surface area contributed by atoms with Crippen LogP contribution in [0.1, 0.15) is 34.1 Å². The molecule has 3 rings (SSSR count). The molecule has 0 aliphatic carbocycles. The van der Waals surface area contributed by atoms with Gasteiger partial charge in [0.2, 0.25) is 5.91 Å². The Hall–Kier alpha value is -3.65. The quantitative estimate of drug-likeness (QED) is 0.311. The van der Waals surface area contributed by atoms with Crippen LogP contribution in [0.15, 0.2) is 54.4 Å². The minimum Gasteiger partial charge on any atom is -0.493 e. The molecule has 0 N–H and O–H groups in total. The Balaban J connectivity index is 1.71. The van der Waals surface area contributed by atoms with Crippen LogP contribution in [0.25, 0.3) is 0 Å². The second-order valence-electron chi connectivity index (χ2n) is 7.29. The third-order valence-corrected chi connectivity index (χ3v) is 5.78. The minimum atomic E-state index is -0.518. The van der Waals surface area contributed by atoms with Gasteiger partial charge in [-0.25, -0.2) is 9.78 Å². The molecule has 7 nitrogen and oxygen atoms in total. The van der Waals surface area contributed by atoms with Crippen molar-refractivity contribution in [3.63, 3.8) is 0 Å². The first-order chi connectivity index (χ1) is 15.8. The van der Waals surface area contributed by atoms with Gasteiger partial charge >= 0.3 is 5.97 Å². The number of ether oxygens (including phenoxy) is 3. The van der Waals surface area contributed by atoms with Crippen LogP contribution < -0.4 is 14.4 Å². The molecule has 33 heavy (non-hydrogen) atoms. The van der Waals surface area contributed by atoms with Crippen LogP contribution in [0, 0.1) is 13.8 Å². The fourth-order valence-corrected chi connectivity index (χ4v) is 3.91. The monoisotopic (exact) mass is 466 g/mol. The maximum atomic E-state index is 12.5. The number of anilines is 2. The largest absolute Gasteiger partial charge is 0.493 e. The third-order valence-electron chi connectivity index (χ3n) is 4.90. The van der Waals surface area contributed by atoms with Crippen LogP contribution >= 0.6 is 11.3 Å². The maximum absolute atomic E-state index is 12.5. The van der Waals surface area contributed by atoms with Crippen LogP contribution in [0.2, 0.25) is 0 Å². The van der Waals surface area contributed by atoms with Gasteiger partial charge in [-0.05, 0) is 55.3 Å². The van der Waals surface area contributed by atoms with Crippen molar-refractivity contribution in [1.29, 1.82) is 0 Å². The van der Waals surface area contributed by atoms with Gasteiger partial charge in [0.25, 0.3) is 0 Å². The first-order valence-electron chi connectivity index (χ1n) is 10.2. The van der Waals surface area contributed by atoms with E-state index in [4.69, 9.17) is 14.2 Å². The Kier molecular flexibility index (Phi) is 7.84. The average molecular weight is 467 g/mol. The lowest BCUT2D eigenvalue weighted by Crippen LogP contribution is -2.22. The number of thiazole rings is 1. The van der Waals surface area contributed by atoms with Crippen LogP contribution in [0.4, 0.5) is 10.8 Å². The molecule has 0 saturated heterocycles. The van der Waals surface area contributed by atoms with E-state index in [-0.39, 0.29) is 12.5 Å². The molecule has 0 bridgehead atoms. The van der Waals surface area contributed by atoms with Gasteiger partial charge in [0.1, 0.15) is 13.2 Å². The minimum absolute atomic E-state index is 0.0228. The number of hydrogen-bond acceptors (Lipinski definition) is 7. The molecule has 0 fully saturated rings. The molecule has 1 heterocycles. The van der Waals surface area contributed by atoms with E-state index in [0.29, 0.717) is 34.5 Å². The molecule has 0 spiro atoms. The van der Waals surface area contributed by atoms with E-state index in [0.717, 1.165) is 16.8 Å². The summed E-state index contributed by atoms with van der Waals surface area (Å²) in [7, 11) is 1.50. The topological polar surface area (TPSA) is 78.0 Å². The molecule has 172 valence electrons. The summed E-state index contributed by atoms with van der Waals surface area (Å²) in [4.78, 5) is 30.9. The molecule has 3 aromatic rings. The number of methoxy groups -OCH3 is 1. The molecule has 1 aromatic heterocycles. The van der Waals surface area contributed by atoms with Crippen molar-refractivity contribution in [2.75, 3.05) is 18.6 Å². The van der Waals surface area contributed by atoms with Crippen LogP contribution in [-0.4, -0.2) is 30.6 Å². The number of nitrogens with zero attached hydrogens (tertiary/aromatic N) is 2. The average Bonchev–Trinajstić information content (AvgIpc) is 3.26. The van der Waals surface area contributed by atoms with Crippen molar-refractivity contribution in [3.8, 4) is 11.5 Å². The number of carbonyl (C=O) groups excluding carboxylic acids is 2. The molecular formula is C25H26N2O5S. The first kappa shape index (κ1) is 24.0. The van der Waals surface area contributed by atoms with Gasteiger partial charge < -0.3 is 14.2 Å². The Bertz CT molecular complexity index is 1170. The van der Waals surface area contributed by atoms with Crippen LogP contribution in [-0.2, 0) is 16.1 Å². The van der Waals surface area contributed by atoms with Gasteiger partial charge in [0, 0.05) is 12.3 Å². The van der Waals surface area contributed by atoms with E-state index in [1.807, 2.05) is 32.0 Å². The summed E-state index contributed by atoms with van der Waals surface area (Å²) in [6.07, 6.45) is 1.62. The van der Waals surface area contributed by atoms with Gasteiger partial charge in [0.05, 0.1) is 24.1 Å². The predicted octanol–water partition coefficient (Wildman–Crippen LogP) is 5.37. The molecule has 0 aliphatic heterocycles. The van der Waals surface area contributed by atoms with E-state index in [2.05, 4.69) is 11.6 Å². The van der Waals surface area contributed by atoms with Crippen molar-refractivity contribution in [2.24, 2.45) is 0 Å². The molecule has 8 heteroatoms. The number of aryl methyl sites for hydroxylation is 2. The second-order valence-corrected chi connectivity index (χ2v) is 8.12. The number of rotatable bonds is 9. The molecule has 0 unspecified atom stereocenters. The van der Waals surface area contributed by atoms with Crippen molar-refractivity contribution >= 4 is 34.0 Å². The van der Waals surface area contributed by atoms with Crippen molar-refractivity contribution < 1.29 is 23.8 Å². The number of benzene rings is 2. The molecule has 0 radical (unpaired) electrons. The normalized spacial score (nSPS) is 10.4. The lowest BCUT2D eigenvalue weighted by Gasteiger charge is -2.19. The summed E-state index contributed by atoms with van der Waals surface area (Å²) in [6.45, 7) is 9.42. The highest BCUT2D eigenvalue weighted by atomic mass is 32.1. The van der Waals surface area contributed by atoms with Crippen LogP contribution in [0.3, 0.4) is 0 Å². The molecule has 0 saturated carbocycles. The van der Waals surface area contributed by atoms with Crippen molar-refractivity contribution in [2.45, 2.75) is 27.4 Å². The van der Waals surface area contributed by atoms with E-state index in [1.54, 1.807) is 34.6 Å². The van der Waals surface area contributed by atoms with Gasteiger partial charge in [-0.2, -0.15) is 0 Å². The summed E-state index contributed by atoms with van der Waals surface area (Å²) < 4.78 is 16.2. The highest BCUT2D eigenvalue weighted by Crippen LogP contribution is 2.31. The van der Waals surface area contributed by atoms with Crippen molar-refractivity contribution in [3.05, 3.63) is 76.8 Å². The molecular weight excluding hydrogens is 440 g/mol. The Labute approximate surface area is 197 Å². The lowest BCUT2D eigenvalue weighted by atomic mass is 10.1. The molecule has 2 aromatic carbocycles. The van der Waals surface area contributed by atoms with E-state index < -0.39 is 5.97 Å². The summed E-state index contributed by atoms with van der Waals surface area (Å²) in [6, 6.07) is 10.6. The fourth-order valence-electron chi connectivity index (χ4n) is 3.04. The van der Waals surface area contributed by atoms with Crippen LogP contribution in [0.5, 0.6) is 11.5 Å². The van der Waals surface area contributed by atoms with Gasteiger partial charge in [-0.1, -0.05) is 18.7 Å². The van der Waals surface area contributed by atoms with Crippen molar-refractivity contribution in [1.82, 2.24) is 4.98 Å². The first-order valence-corrected chi connectivity index (χ1v) is 11.1. The number of carbonyl (C=O) groups is 2. The lowest BCUT2D eigenvalue weighted by molar-refractivity contribution is -0.115. The Morgan fingerprint density at radius 3 is 2.58 bits per heavy atom. The van der Waals surface area contributed by atoms with Gasteiger partial charge in [-0.3, -0.25) is 9.69 Å². The highest BCUT2D eigenvalue weighted by molar-refractivity contribution is 7.14. The zero-order valence-corrected chi connectivity index (χ0v) is 19.9. The standard InChI is InChI=1S/C25H26N2O5S/c1-6-11-31-22-10-8-19(13-23(22)30-5)24(29)32-14-20-15-33-25(26-20)27(18(4)28)21-9-7-16(2)17(3)12-21/h6-10,12-13,15H,1,11,14H2,2-5H3. The predicted molar refractivity (Wildman–Crippen MR) is 129 cm³/mol. The highest BCUT2D eigenvalue weighted by Gasteiger charge is 2.19. The third kappa shape index (κ3) is 5.78. The maximum Gasteiger partial charge on any atom is 0.338 e. The summed E-state index contributed by atoms with van der Waals surface area (Å²) in [5.41, 5.74) is 3.85. The number of hydrogen-bond donors (Lipinski definition) is 0. The van der Waals surface area contributed by atoms with E-state index >= 15 is 0 Å². The summed E-state index contributed by atoms with van der Waals surface area (Å²) >= 11 is 1.31. The second kappa shape index (κ2) is 10.8.